The third-order valence-corrected chi connectivity index (χ3v) is 3.13. The zero-order chi connectivity index (χ0) is 15.1. The number of hydrogen-bond acceptors (Lipinski definition) is 5. The van der Waals surface area contributed by atoms with Gasteiger partial charge in [0.25, 0.3) is 5.69 Å². The van der Waals surface area contributed by atoms with Gasteiger partial charge in [-0.1, -0.05) is 6.07 Å². The van der Waals surface area contributed by atoms with Gasteiger partial charge in [-0.15, -0.1) is 0 Å². The maximum atomic E-state index is 11.7. The number of nitrogens with zero attached hydrogens (tertiary/aromatic N) is 2. The Labute approximate surface area is 122 Å². The molecule has 0 saturated carbocycles. The summed E-state index contributed by atoms with van der Waals surface area (Å²) in [7, 11) is 0. The molecule has 0 bridgehead atoms. The summed E-state index contributed by atoms with van der Waals surface area (Å²) in [6.07, 6.45) is 0. The number of urea groups is 1. The SMILES string of the molecule is O=C(NCCN1CCOCC1)Nc1cccc([N+](=O)[O-])c1. The van der Waals surface area contributed by atoms with Gasteiger partial charge in [-0.3, -0.25) is 15.0 Å². The first kappa shape index (κ1) is 15.2. The van der Waals surface area contributed by atoms with Crippen molar-refractivity contribution in [3.05, 3.63) is 34.4 Å². The number of nitrogens with one attached hydrogen (secondary N) is 2. The number of amides is 2. The van der Waals surface area contributed by atoms with Crippen molar-refractivity contribution in [1.82, 2.24) is 10.2 Å². The molecule has 0 atom stereocenters. The van der Waals surface area contributed by atoms with Crippen molar-refractivity contribution in [3.8, 4) is 0 Å². The summed E-state index contributed by atoms with van der Waals surface area (Å²) in [5.74, 6) is 0. The maximum absolute atomic E-state index is 11.7. The van der Waals surface area contributed by atoms with Gasteiger partial charge in [-0.25, -0.2) is 4.79 Å². The van der Waals surface area contributed by atoms with Crippen molar-refractivity contribution in [1.29, 1.82) is 0 Å². The number of nitro benzene ring substituents is 1. The average Bonchev–Trinajstić information content (AvgIpc) is 2.48. The van der Waals surface area contributed by atoms with Crippen LogP contribution in [0, 0.1) is 10.1 Å². The lowest BCUT2D eigenvalue weighted by Crippen LogP contribution is -2.42. The molecule has 21 heavy (non-hydrogen) atoms. The minimum atomic E-state index is -0.499. The molecule has 0 radical (unpaired) electrons. The summed E-state index contributed by atoms with van der Waals surface area (Å²) in [5, 5.41) is 15.9. The van der Waals surface area contributed by atoms with Gasteiger partial charge in [0.2, 0.25) is 0 Å². The van der Waals surface area contributed by atoms with Crippen molar-refractivity contribution in [3.63, 3.8) is 0 Å². The summed E-state index contributed by atoms with van der Waals surface area (Å²) in [5.41, 5.74) is 0.342. The fourth-order valence-electron chi connectivity index (χ4n) is 2.02. The van der Waals surface area contributed by atoms with E-state index in [2.05, 4.69) is 15.5 Å². The van der Waals surface area contributed by atoms with Crippen molar-refractivity contribution in [2.45, 2.75) is 0 Å². The lowest BCUT2D eigenvalue weighted by atomic mass is 10.3. The first-order valence-corrected chi connectivity index (χ1v) is 6.74. The Kier molecular flexibility index (Phi) is 5.47. The third kappa shape index (κ3) is 5.01. The molecule has 2 N–H and O–H groups in total. The first-order chi connectivity index (χ1) is 10.1. The summed E-state index contributed by atoms with van der Waals surface area (Å²) in [6, 6.07) is 5.46. The van der Waals surface area contributed by atoms with Gasteiger partial charge in [0, 0.05) is 44.0 Å². The topological polar surface area (TPSA) is 96.7 Å². The van der Waals surface area contributed by atoms with Crippen LogP contribution in [-0.4, -0.2) is 55.2 Å². The number of hydrogen-bond donors (Lipinski definition) is 2. The van der Waals surface area contributed by atoms with Gasteiger partial charge in [0.15, 0.2) is 0 Å². The molecule has 1 aliphatic rings. The molecule has 0 spiro atoms. The van der Waals surface area contributed by atoms with Gasteiger partial charge in [-0.2, -0.15) is 0 Å². The molecule has 1 fully saturated rings. The van der Waals surface area contributed by atoms with E-state index < -0.39 is 4.92 Å². The van der Waals surface area contributed by atoms with Crippen LogP contribution in [0.4, 0.5) is 16.2 Å². The van der Waals surface area contributed by atoms with E-state index in [0.29, 0.717) is 12.2 Å². The van der Waals surface area contributed by atoms with Gasteiger partial charge >= 0.3 is 6.03 Å². The Hall–Kier alpha value is -2.19. The van der Waals surface area contributed by atoms with Gasteiger partial charge in [-0.05, 0) is 6.07 Å². The molecule has 8 heteroatoms. The molecule has 114 valence electrons. The zero-order valence-electron chi connectivity index (χ0n) is 11.6. The average molecular weight is 294 g/mol. The van der Waals surface area contributed by atoms with E-state index >= 15 is 0 Å². The van der Waals surface area contributed by atoms with Gasteiger partial charge in [0.1, 0.15) is 0 Å². The molecule has 0 aromatic heterocycles. The zero-order valence-corrected chi connectivity index (χ0v) is 11.6. The maximum Gasteiger partial charge on any atom is 0.319 e. The second-order valence-corrected chi connectivity index (χ2v) is 4.64. The van der Waals surface area contributed by atoms with E-state index in [9.17, 15) is 14.9 Å². The third-order valence-electron chi connectivity index (χ3n) is 3.13. The number of morpholine rings is 1. The molecule has 1 aliphatic heterocycles. The molecule has 2 rings (SSSR count). The largest absolute Gasteiger partial charge is 0.379 e. The normalized spacial score (nSPS) is 15.4. The number of rotatable bonds is 5. The minimum absolute atomic E-state index is 0.0545. The Morgan fingerprint density at radius 3 is 2.86 bits per heavy atom. The minimum Gasteiger partial charge on any atom is -0.379 e. The molecular formula is C13H18N4O4. The number of carbonyl (C=O) groups is 1. The van der Waals surface area contributed by atoms with Crippen LogP contribution in [0.5, 0.6) is 0 Å². The smallest absolute Gasteiger partial charge is 0.319 e. The summed E-state index contributed by atoms with van der Waals surface area (Å²) in [6.45, 7) is 4.45. The van der Waals surface area contributed by atoms with Crippen molar-refractivity contribution < 1.29 is 14.5 Å². The van der Waals surface area contributed by atoms with E-state index in [1.165, 1.54) is 18.2 Å². The summed E-state index contributed by atoms with van der Waals surface area (Å²) >= 11 is 0. The first-order valence-electron chi connectivity index (χ1n) is 6.74. The molecule has 0 aliphatic carbocycles. The van der Waals surface area contributed by atoms with Crippen LogP contribution >= 0.6 is 0 Å². The second-order valence-electron chi connectivity index (χ2n) is 4.64. The lowest BCUT2D eigenvalue weighted by Gasteiger charge is -2.26. The molecule has 8 nitrogen and oxygen atoms in total. The van der Waals surface area contributed by atoms with Crippen LogP contribution in [0.2, 0.25) is 0 Å². The Bertz CT molecular complexity index is 503. The van der Waals surface area contributed by atoms with Gasteiger partial charge in [0.05, 0.1) is 18.1 Å². The van der Waals surface area contributed by atoms with E-state index in [1.807, 2.05) is 0 Å². The second kappa shape index (κ2) is 7.55. The highest BCUT2D eigenvalue weighted by Gasteiger charge is 2.11. The Morgan fingerprint density at radius 2 is 2.14 bits per heavy atom. The van der Waals surface area contributed by atoms with Crippen molar-refractivity contribution >= 4 is 17.4 Å². The van der Waals surface area contributed by atoms with Crippen molar-refractivity contribution in [2.75, 3.05) is 44.7 Å². The highest BCUT2D eigenvalue weighted by atomic mass is 16.6. The molecule has 2 amide bonds. The predicted molar refractivity (Wildman–Crippen MR) is 77.4 cm³/mol. The van der Waals surface area contributed by atoms with Crippen LogP contribution in [0.3, 0.4) is 0 Å². The highest BCUT2D eigenvalue weighted by molar-refractivity contribution is 5.89. The Morgan fingerprint density at radius 1 is 1.38 bits per heavy atom. The standard InChI is InChI=1S/C13H18N4O4/c18-13(14-4-5-16-6-8-21-9-7-16)15-11-2-1-3-12(10-11)17(19)20/h1-3,10H,4-9H2,(H2,14,15,18). The number of carbonyl (C=O) groups excluding carboxylic acids is 1. The number of nitro groups is 1. The van der Waals surface area contributed by atoms with E-state index in [1.54, 1.807) is 6.07 Å². The van der Waals surface area contributed by atoms with E-state index in [4.69, 9.17) is 4.74 Å². The van der Waals surface area contributed by atoms with Crippen LogP contribution < -0.4 is 10.6 Å². The molecule has 1 saturated heterocycles. The number of anilines is 1. The summed E-state index contributed by atoms with van der Waals surface area (Å²) in [4.78, 5) is 24.1. The van der Waals surface area contributed by atoms with Crippen molar-refractivity contribution in [2.24, 2.45) is 0 Å². The van der Waals surface area contributed by atoms with E-state index in [0.717, 1.165) is 32.8 Å². The fourth-order valence-corrected chi connectivity index (χ4v) is 2.02. The fraction of sp³-hybridized carbons (Fsp3) is 0.462. The monoisotopic (exact) mass is 294 g/mol. The van der Waals surface area contributed by atoms with Crippen LogP contribution in [0.15, 0.2) is 24.3 Å². The van der Waals surface area contributed by atoms with Crippen LogP contribution in [0.25, 0.3) is 0 Å². The molecule has 1 aromatic rings. The number of non-ortho nitro benzene ring substituents is 1. The predicted octanol–water partition coefficient (Wildman–Crippen LogP) is 1.05. The van der Waals surface area contributed by atoms with Crippen LogP contribution in [0.1, 0.15) is 0 Å². The summed E-state index contributed by atoms with van der Waals surface area (Å²) < 4.78 is 5.24. The van der Waals surface area contributed by atoms with Crippen LogP contribution in [-0.2, 0) is 4.74 Å². The Balaban J connectivity index is 1.73. The molecule has 1 aromatic carbocycles. The molecule has 0 unspecified atom stereocenters. The molecular weight excluding hydrogens is 276 g/mol. The quantitative estimate of drug-likeness (QED) is 0.625. The number of benzene rings is 1. The highest BCUT2D eigenvalue weighted by Crippen LogP contribution is 2.16. The lowest BCUT2D eigenvalue weighted by molar-refractivity contribution is -0.384. The van der Waals surface area contributed by atoms with E-state index in [-0.39, 0.29) is 11.7 Å². The number of ether oxygens (including phenoxy) is 1. The molecule has 1 heterocycles. The van der Waals surface area contributed by atoms with Gasteiger partial charge < -0.3 is 15.4 Å².